The maximum absolute atomic E-state index is 9.00. The van der Waals surface area contributed by atoms with Gasteiger partial charge in [-0.3, -0.25) is 9.89 Å². The van der Waals surface area contributed by atoms with Gasteiger partial charge in [0.05, 0.1) is 0 Å². The highest BCUT2D eigenvalue weighted by molar-refractivity contribution is 5.62. The van der Waals surface area contributed by atoms with Crippen LogP contribution in [0.4, 0.5) is 0 Å². The molecule has 0 bridgehead atoms. The number of nitrogens with zero attached hydrogens (tertiary/aromatic N) is 1. The summed E-state index contributed by atoms with van der Waals surface area (Å²) in [5.74, 6) is -0.833. The van der Waals surface area contributed by atoms with Crippen molar-refractivity contribution < 1.29 is 9.90 Å². The van der Waals surface area contributed by atoms with Gasteiger partial charge < -0.3 is 10.8 Å². The lowest BCUT2D eigenvalue weighted by atomic mass is 10.8. The van der Waals surface area contributed by atoms with Gasteiger partial charge in [0.1, 0.15) is 0 Å². The van der Waals surface area contributed by atoms with Gasteiger partial charge in [0.2, 0.25) is 0 Å². The molecule has 0 fully saturated rings. The molecule has 5 nitrogen and oxygen atoms in total. The molecule has 0 saturated carbocycles. The minimum Gasteiger partial charge on any atom is -0.481 e. The Labute approximate surface area is 65.2 Å². The molecule has 1 rings (SSSR count). The van der Waals surface area contributed by atoms with E-state index in [2.05, 4.69) is 15.9 Å². The van der Waals surface area contributed by atoms with Crippen molar-refractivity contribution in [3.05, 3.63) is 18.5 Å². The zero-order valence-corrected chi connectivity index (χ0v) is 6.61. The lowest BCUT2D eigenvalue weighted by molar-refractivity contribution is -0.134. The summed E-state index contributed by atoms with van der Waals surface area (Å²) in [4.78, 5) is 9.00. The summed E-state index contributed by atoms with van der Waals surface area (Å²) in [5.41, 5.74) is 4.50. The van der Waals surface area contributed by atoms with Crippen molar-refractivity contribution in [3.63, 3.8) is 0 Å². The van der Waals surface area contributed by atoms with Crippen LogP contribution in [-0.4, -0.2) is 28.3 Å². The minimum atomic E-state index is -0.833. The van der Waals surface area contributed by atoms with Crippen LogP contribution in [0.1, 0.15) is 6.92 Å². The molecule has 0 aliphatic rings. The van der Waals surface area contributed by atoms with Crippen molar-refractivity contribution >= 4 is 5.97 Å². The van der Waals surface area contributed by atoms with Gasteiger partial charge in [-0.25, -0.2) is 0 Å². The fraction of sp³-hybridized carbons (Fsp3) is 0.333. The van der Waals surface area contributed by atoms with E-state index in [9.17, 15) is 0 Å². The molecule has 0 aliphatic heterocycles. The number of aromatic nitrogens is 2. The van der Waals surface area contributed by atoms with E-state index in [-0.39, 0.29) is 0 Å². The first-order valence-electron chi connectivity index (χ1n) is 2.94. The molecular weight excluding hydrogens is 146 g/mol. The summed E-state index contributed by atoms with van der Waals surface area (Å²) in [6, 6.07) is 1.83. The highest BCUT2D eigenvalue weighted by Gasteiger charge is 1.65. The Morgan fingerprint density at radius 3 is 2.18 bits per heavy atom. The monoisotopic (exact) mass is 159 g/mol. The van der Waals surface area contributed by atoms with Crippen molar-refractivity contribution in [2.75, 3.05) is 7.05 Å². The SMILES string of the molecule is CC(=O)O.CN.c1cn[nH]c1. The Balaban J connectivity index is 0. The van der Waals surface area contributed by atoms with Gasteiger partial charge in [0, 0.05) is 19.3 Å². The summed E-state index contributed by atoms with van der Waals surface area (Å²) in [6.07, 6.45) is 3.46. The van der Waals surface area contributed by atoms with E-state index in [1.165, 1.54) is 7.05 Å². The Morgan fingerprint density at radius 2 is 2.09 bits per heavy atom. The number of carboxylic acid groups (broad SMARTS) is 1. The van der Waals surface area contributed by atoms with Crippen LogP contribution in [0.15, 0.2) is 18.5 Å². The third-order valence-corrected chi connectivity index (χ3v) is 0.406. The molecule has 4 N–H and O–H groups in total. The molecule has 64 valence electrons. The lowest BCUT2D eigenvalue weighted by Crippen LogP contribution is -1.78. The van der Waals surface area contributed by atoms with Crippen LogP contribution in [0.3, 0.4) is 0 Å². The van der Waals surface area contributed by atoms with Gasteiger partial charge >= 0.3 is 0 Å². The average molecular weight is 159 g/mol. The first-order chi connectivity index (χ1) is 5.23. The third-order valence-electron chi connectivity index (χ3n) is 0.406. The van der Waals surface area contributed by atoms with Gasteiger partial charge in [0.15, 0.2) is 0 Å². The predicted molar refractivity (Wildman–Crippen MR) is 42.0 cm³/mol. The van der Waals surface area contributed by atoms with E-state index in [4.69, 9.17) is 9.90 Å². The smallest absolute Gasteiger partial charge is 0.300 e. The van der Waals surface area contributed by atoms with Crippen LogP contribution in [0.25, 0.3) is 0 Å². The molecule has 0 aliphatic carbocycles. The molecule has 0 unspecified atom stereocenters. The van der Waals surface area contributed by atoms with E-state index in [1.54, 1.807) is 12.4 Å². The number of aliphatic carboxylic acids is 1. The molecule has 1 heterocycles. The number of H-pyrrole nitrogens is 1. The summed E-state index contributed by atoms with van der Waals surface area (Å²) >= 11 is 0. The van der Waals surface area contributed by atoms with Crippen molar-refractivity contribution in [2.45, 2.75) is 6.92 Å². The van der Waals surface area contributed by atoms with Crippen LogP contribution in [0.2, 0.25) is 0 Å². The molecule has 0 spiro atoms. The minimum absolute atomic E-state index is 0.833. The van der Waals surface area contributed by atoms with Crippen molar-refractivity contribution in [3.8, 4) is 0 Å². The average Bonchev–Trinajstić information content (AvgIpc) is 2.44. The number of carbonyl (C=O) groups is 1. The largest absolute Gasteiger partial charge is 0.481 e. The molecule has 0 radical (unpaired) electrons. The van der Waals surface area contributed by atoms with Gasteiger partial charge in [-0.15, -0.1) is 0 Å². The molecule has 0 aromatic carbocycles. The first-order valence-corrected chi connectivity index (χ1v) is 2.94. The van der Waals surface area contributed by atoms with Crippen LogP contribution in [0.5, 0.6) is 0 Å². The summed E-state index contributed by atoms with van der Waals surface area (Å²) < 4.78 is 0. The van der Waals surface area contributed by atoms with Crippen LogP contribution in [0, 0.1) is 0 Å². The van der Waals surface area contributed by atoms with Crippen molar-refractivity contribution in [1.82, 2.24) is 10.2 Å². The van der Waals surface area contributed by atoms with Gasteiger partial charge in [-0.05, 0) is 13.1 Å². The van der Waals surface area contributed by atoms with Crippen LogP contribution < -0.4 is 5.73 Å². The Morgan fingerprint density at radius 1 is 1.64 bits per heavy atom. The Hall–Kier alpha value is -1.36. The van der Waals surface area contributed by atoms with E-state index in [0.29, 0.717) is 0 Å². The third kappa shape index (κ3) is 28.8. The van der Waals surface area contributed by atoms with Gasteiger partial charge in [-0.2, -0.15) is 5.10 Å². The zero-order valence-electron chi connectivity index (χ0n) is 6.61. The first kappa shape index (κ1) is 12.3. The number of nitrogens with two attached hydrogens (primary N) is 1. The van der Waals surface area contributed by atoms with E-state index >= 15 is 0 Å². The molecular formula is C6H13N3O2. The summed E-state index contributed by atoms with van der Waals surface area (Å²) in [5, 5.41) is 13.6. The second-order valence-corrected chi connectivity index (χ2v) is 1.29. The van der Waals surface area contributed by atoms with Gasteiger partial charge in [-0.1, -0.05) is 0 Å². The molecule has 11 heavy (non-hydrogen) atoms. The standard InChI is InChI=1S/C3H4N2.C2H4O2.CH5N/c1-2-4-5-3-1;1-2(3)4;1-2/h1-3H,(H,4,5);1H3,(H,3,4);2H2,1H3. The Bertz CT molecular complexity index is 130. The zero-order chi connectivity index (χ0) is 9.11. The summed E-state index contributed by atoms with van der Waals surface area (Å²) in [6.45, 7) is 1.08. The van der Waals surface area contributed by atoms with Crippen molar-refractivity contribution in [1.29, 1.82) is 0 Å². The van der Waals surface area contributed by atoms with Crippen molar-refractivity contribution in [2.24, 2.45) is 5.73 Å². The van der Waals surface area contributed by atoms with E-state index in [1.807, 2.05) is 6.07 Å². The number of rotatable bonds is 0. The predicted octanol–water partition coefficient (Wildman–Crippen LogP) is 0.0755. The van der Waals surface area contributed by atoms with Gasteiger partial charge in [0.25, 0.3) is 5.97 Å². The summed E-state index contributed by atoms with van der Waals surface area (Å²) in [7, 11) is 1.50. The fourth-order valence-corrected chi connectivity index (χ4v) is 0.215. The van der Waals surface area contributed by atoms with Crippen LogP contribution >= 0.6 is 0 Å². The lowest BCUT2D eigenvalue weighted by Gasteiger charge is -1.59. The number of hydrogen-bond acceptors (Lipinski definition) is 3. The fourth-order valence-electron chi connectivity index (χ4n) is 0.215. The number of hydrogen-bond donors (Lipinski definition) is 3. The normalized spacial score (nSPS) is 6.45. The second kappa shape index (κ2) is 11.4. The second-order valence-electron chi connectivity index (χ2n) is 1.29. The molecule has 1 aromatic rings. The molecule has 0 atom stereocenters. The maximum Gasteiger partial charge on any atom is 0.300 e. The Kier molecular flexibility index (Phi) is 12.8. The molecule has 1 aromatic heterocycles. The molecule has 5 heteroatoms. The molecule has 0 saturated heterocycles. The highest BCUT2D eigenvalue weighted by atomic mass is 16.4. The van der Waals surface area contributed by atoms with E-state index < -0.39 is 5.97 Å². The molecule has 0 amide bonds. The van der Waals surface area contributed by atoms with E-state index in [0.717, 1.165) is 6.92 Å². The highest BCUT2D eigenvalue weighted by Crippen LogP contribution is 1.64. The number of nitrogens with one attached hydrogen (secondary N) is 1. The maximum atomic E-state index is 9.00. The van der Waals surface area contributed by atoms with Crippen LogP contribution in [-0.2, 0) is 4.79 Å². The topological polar surface area (TPSA) is 92.0 Å². The number of carboxylic acids is 1. The number of aromatic amines is 1. The quantitative estimate of drug-likeness (QED) is 0.499.